The van der Waals surface area contributed by atoms with Gasteiger partial charge in [0.15, 0.2) is 8.32 Å². The standard InChI is InChI=1S/C33H59N3O5Si/c1-22(2)19-26(35-31(39)40-32(6,7)8)27(41-42(12,13)33(9,10)11)20-24(5)29(37)36-28(23(3)4)30(38)34-21-25-17-15-14-16-18-25/h14-18,22-24,26-28H,19-21H2,1-13H3,(H,34,38)(H,35,39)(H,36,37)/t24-,26+,27+,28+/m1/s1. The third-order valence-corrected chi connectivity index (χ3v) is 12.2. The number of carbonyl (C=O) groups is 3. The van der Waals surface area contributed by atoms with Crippen LogP contribution in [0.1, 0.15) is 94.6 Å². The number of nitrogens with one attached hydrogen (secondary N) is 3. The van der Waals surface area contributed by atoms with Crippen LogP contribution in [-0.2, 0) is 25.3 Å². The molecule has 4 atom stereocenters. The minimum atomic E-state index is -2.28. The quantitative estimate of drug-likeness (QED) is 0.202. The molecule has 0 unspecified atom stereocenters. The van der Waals surface area contributed by atoms with Crippen LogP contribution in [0.5, 0.6) is 0 Å². The molecule has 8 nitrogen and oxygen atoms in total. The first kappa shape index (κ1) is 37.6. The van der Waals surface area contributed by atoms with Gasteiger partial charge in [-0.1, -0.05) is 85.7 Å². The summed E-state index contributed by atoms with van der Waals surface area (Å²) in [5.41, 5.74) is 0.356. The average Bonchev–Trinajstić information content (AvgIpc) is 2.83. The van der Waals surface area contributed by atoms with Crippen molar-refractivity contribution in [1.29, 1.82) is 0 Å². The van der Waals surface area contributed by atoms with E-state index in [-0.39, 0.29) is 34.7 Å². The van der Waals surface area contributed by atoms with Gasteiger partial charge in [-0.3, -0.25) is 9.59 Å². The molecule has 0 radical (unpaired) electrons. The van der Waals surface area contributed by atoms with Crippen LogP contribution in [0.2, 0.25) is 18.1 Å². The van der Waals surface area contributed by atoms with Gasteiger partial charge in [-0.15, -0.1) is 0 Å². The Balaban J connectivity index is 3.17. The first-order chi connectivity index (χ1) is 19.1. The summed E-state index contributed by atoms with van der Waals surface area (Å²) in [5.74, 6) is -0.712. The summed E-state index contributed by atoms with van der Waals surface area (Å²) in [6, 6.07) is 8.67. The highest BCUT2D eigenvalue weighted by atomic mass is 28.4. The number of rotatable bonds is 14. The lowest BCUT2D eigenvalue weighted by molar-refractivity contribution is -0.132. The summed E-state index contributed by atoms with van der Waals surface area (Å²) in [7, 11) is -2.28. The van der Waals surface area contributed by atoms with Gasteiger partial charge in [-0.2, -0.15) is 0 Å². The van der Waals surface area contributed by atoms with Crippen molar-refractivity contribution >= 4 is 26.2 Å². The normalized spacial score (nSPS) is 15.5. The molecule has 3 N–H and O–H groups in total. The van der Waals surface area contributed by atoms with E-state index in [1.54, 1.807) is 0 Å². The van der Waals surface area contributed by atoms with E-state index in [9.17, 15) is 14.4 Å². The molecule has 0 aliphatic heterocycles. The molecule has 3 amide bonds. The van der Waals surface area contributed by atoms with Crippen molar-refractivity contribution in [2.75, 3.05) is 0 Å². The summed E-state index contributed by atoms with van der Waals surface area (Å²) in [6.45, 7) is 26.7. The molecular formula is C33H59N3O5Si. The first-order valence-electron chi connectivity index (χ1n) is 15.4. The van der Waals surface area contributed by atoms with Crippen LogP contribution < -0.4 is 16.0 Å². The van der Waals surface area contributed by atoms with Crippen molar-refractivity contribution < 1.29 is 23.5 Å². The Bertz CT molecular complexity index is 999. The van der Waals surface area contributed by atoms with E-state index in [4.69, 9.17) is 9.16 Å². The molecule has 0 fully saturated rings. The van der Waals surface area contributed by atoms with Gasteiger partial charge in [-0.25, -0.2) is 4.79 Å². The Hall–Kier alpha value is -2.39. The summed E-state index contributed by atoms with van der Waals surface area (Å²) < 4.78 is 12.5. The van der Waals surface area contributed by atoms with Crippen LogP contribution in [0.15, 0.2) is 30.3 Å². The van der Waals surface area contributed by atoms with Gasteiger partial charge in [-0.05, 0) is 69.1 Å². The number of ether oxygens (including phenoxy) is 1. The number of alkyl carbamates (subject to hydrolysis) is 1. The van der Waals surface area contributed by atoms with Crippen LogP contribution >= 0.6 is 0 Å². The van der Waals surface area contributed by atoms with Crippen LogP contribution in [-0.4, -0.2) is 50.0 Å². The van der Waals surface area contributed by atoms with Gasteiger partial charge in [0.25, 0.3) is 0 Å². The van der Waals surface area contributed by atoms with Gasteiger partial charge >= 0.3 is 6.09 Å². The van der Waals surface area contributed by atoms with Crippen LogP contribution in [0.3, 0.4) is 0 Å². The second kappa shape index (κ2) is 15.9. The van der Waals surface area contributed by atoms with Gasteiger partial charge in [0.1, 0.15) is 11.6 Å². The van der Waals surface area contributed by atoms with E-state index in [1.807, 2.05) is 71.9 Å². The molecule has 42 heavy (non-hydrogen) atoms. The zero-order chi connectivity index (χ0) is 32.5. The second-order valence-electron chi connectivity index (χ2n) is 14.9. The zero-order valence-corrected chi connectivity index (χ0v) is 29.5. The van der Waals surface area contributed by atoms with E-state index in [1.165, 1.54) is 0 Å². The maximum absolute atomic E-state index is 13.5. The molecule has 0 saturated heterocycles. The largest absolute Gasteiger partial charge is 0.444 e. The Morgan fingerprint density at radius 1 is 0.833 bits per heavy atom. The predicted molar refractivity (Wildman–Crippen MR) is 174 cm³/mol. The van der Waals surface area contributed by atoms with Crippen molar-refractivity contribution in [2.24, 2.45) is 17.8 Å². The second-order valence-corrected chi connectivity index (χ2v) is 19.6. The van der Waals surface area contributed by atoms with E-state index in [2.05, 4.69) is 63.7 Å². The molecule has 9 heteroatoms. The van der Waals surface area contributed by atoms with Crippen molar-refractivity contribution in [3.05, 3.63) is 35.9 Å². The third-order valence-electron chi connectivity index (χ3n) is 7.72. The maximum atomic E-state index is 13.5. The first-order valence-corrected chi connectivity index (χ1v) is 18.3. The van der Waals surface area contributed by atoms with Gasteiger partial charge in [0.05, 0.1) is 12.1 Å². The SMILES string of the molecule is CC(C)C[C@H](NC(=O)OC(C)(C)C)[C@H](C[C@@H](C)C(=O)N[C@H](C(=O)NCc1ccccc1)C(C)C)O[Si](C)(C)C(C)(C)C. The maximum Gasteiger partial charge on any atom is 0.407 e. The van der Waals surface area contributed by atoms with E-state index < -0.39 is 38.1 Å². The minimum absolute atomic E-state index is 0.0649. The van der Waals surface area contributed by atoms with Crippen molar-refractivity contribution in [2.45, 2.75) is 137 Å². The summed E-state index contributed by atoms with van der Waals surface area (Å²) in [4.78, 5) is 39.5. The molecule has 1 rings (SSSR count). The molecular weight excluding hydrogens is 546 g/mol. The molecule has 0 aliphatic carbocycles. The monoisotopic (exact) mass is 605 g/mol. The molecule has 0 heterocycles. The number of benzene rings is 1. The molecule has 0 aromatic heterocycles. The molecule has 0 bridgehead atoms. The average molecular weight is 606 g/mol. The number of hydrogen-bond acceptors (Lipinski definition) is 5. The van der Waals surface area contributed by atoms with Crippen molar-refractivity contribution in [3.8, 4) is 0 Å². The smallest absolute Gasteiger partial charge is 0.407 e. The highest BCUT2D eigenvalue weighted by molar-refractivity contribution is 6.74. The fourth-order valence-corrected chi connectivity index (χ4v) is 5.67. The highest BCUT2D eigenvalue weighted by Gasteiger charge is 2.42. The van der Waals surface area contributed by atoms with Crippen molar-refractivity contribution in [3.63, 3.8) is 0 Å². The van der Waals surface area contributed by atoms with Gasteiger partial charge < -0.3 is 25.1 Å². The Morgan fingerprint density at radius 3 is 1.88 bits per heavy atom. The van der Waals surface area contributed by atoms with E-state index in [0.29, 0.717) is 19.4 Å². The molecule has 0 aliphatic rings. The lowest BCUT2D eigenvalue weighted by atomic mass is 9.92. The molecule has 0 saturated carbocycles. The van der Waals surface area contributed by atoms with Gasteiger partial charge in [0, 0.05) is 12.5 Å². The highest BCUT2D eigenvalue weighted by Crippen LogP contribution is 2.39. The van der Waals surface area contributed by atoms with Crippen LogP contribution in [0.4, 0.5) is 4.79 Å². The van der Waals surface area contributed by atoms with Crippen LogP contribution in [0.25, 0.3) is 0 Å². The molecule has 1 aromatic rings. The molecule has 240 valence electrons. The zero-order valence-electron chi connectivity index (χ0n) is 28.5. The van der Waals surface area contributed by atoms with Crippen LogP contribution in [0, 0.1) is 17.8 Å². The van der Waals surface area contributed by atoms with E-state index >= 15 is 0 Å². The lowest BCUT2D eigenvalue weighted by Crippen LogP contribution is -2.54. The summed E-state index contributed by atoms with van der Waals surface area (Å²) in [6.07, 6.45) is 0.153. The predicted octanol–water partition coefficient (Wildman–Crippen LogP) is 6.80. The molecule has 0 spiro atoms. The topological polar surface area (TPSA) is 106 Å². The van der Waals surface area contributed by atoms with Gasteiger partial charge in [0.2, 0.25) is 11.8 Å². The minimum Gasteiger partial charge on any atom is -0.444 e. The number of hydrogen-bond donors (Lipinski definition) is 3. The Morgan fingerprint density at radius 2 is 1.40 bits per heavy atom. The van der Waals surface area contributed by atoms with Crippen molar-refractivity contribution in [1.82, 2.24) is 16.0 Å². The summed E-state index contributed by atoms with van der Waals surface area (Å²) in [5, 5.41) is 8.96. The van der Waals surface area contributed by atoms with E-state index in [0.717, 1.165) is 5.56 Å². The summed E-state index contributed by atoms with van der Waals surface area (Å²) >= 11 is 0. The lowest BCUT2D eigenvalue weighted by Gasteiger charge is -2.42. The Labute approximate surface area is 256 Å². The Kier molecular flexibility index (Phi) is 14.2. The fourth-order valence-electron chi connectivity index (χ4n) is 4.30. The number of amides is 3. The number of carbonyl (C=O) groups excluding carboxylic acids is 3. The molecule has 1 aromatic carbocycles. The third kappa shape index (κ3) is 13.3. The fraction of sp³-hybridized carbons (Fsp3) is 0.727.